The van der Waals surface area contributed by atoms with Crippen LogP contribution in [0.3, 0.4) is 0 Å². The average Bonchev–Trinajstić information content (AvgIpc) is 3.31. The van der Waals surface area contributed by atoms with Gasteiger partial charge in [-0.05, 0) is 41.9 Å². The molecule has 0 aliphatic heterocycles. The Morgan fingerprint density at radius 3 is 2.57 bits per heavy atom. The van der Waals surface area contributed by atoms with Gasteiger partial charge in [0.1, 0.15) is 23.7 Å². The number of carbonyl (C=O) groups is 1. The lowest BCUT2D eigenvalue weighted by Crippen LogP contribution is -2.28. The van der Waals surface area contributed by atoms with E-state index in [1.54, 1.807) is 12.1 Å². The normalized spacial score (nSPS) is 10.5. The number of hydrogen-bond donors (Lipinski definition) is 1. The summed E-state index contributed by atoms with van der Waals surface area (Å²) in [5.41, 5.74) is 2.14. The number of para-hydroxylation sites is 1. The minimum Gasteiger partial charge on any atom is -0.492 e. The topological polar surface area (TPSA) is 99.0 Å². The predicted molar refractivity (Wildman–Crippen MR) is 114 cm³/mol. The van der Waals surface area contributed by atoms with Gasteiger partial charge in [-0.15, -0.1) is 5.10 Å². The maximum absolute atomic E-state index is 12.5. The molecule has 2 aromatic heterocycles. The van der Waals surface area contributed by atoms with Crippen LogP contribution in [-0.2, 0) is 6.54 Å². The van der Waals surface area contributed by atoms with E-state index >= 15 is 0 Å². The molecule has 1 N–H and O–H groups in total. The minimum atomic E-state index is -0.407. The summed E-state index contributed by atoms with van der Waals surface area (Å²) in [7, 11) is 0. The van der Waals surface area contributed by atoms with Gasteiger partial charge in [-0.25, -0.2) is 4.68 Å². The second-order valence-electron chi connectivity index (χ2n) is 6.26. The molecule has 0 fully saturated rings. The zero-order chi connectivity index (χ0) is 20.8. The summed E-state index contributed by atoms with van der Waals surface area (Å²) >= 11 is 1.28. The maximum atomic E-state index is 12.5. The summed E-state index contributed by atoms with van der Waals surface area (Å²) in [6.45, 7) is 0.486. The molecule has 1 amide bonds. The van der Waals surface area contributed by atoms with Crippen LogP contribution in [0.4, 0.5) is 5.69 Å². The number of amides is 1. The van der Waals surface area contributed by atoms with E-state index in [2.05, 4.69) is 20.0 Å². The van der Waals surface area contributed by atoms with Crippen LogP contribution in [0.15, 0.2) is 76.9 Å². The molecule has 2 heterocycles. The number of nitrogens with zero attached hydrogens (tertiary/aromatic N) is 4. The van der Waals surface area contributed by atoms with Crippen LogP contribution < -0.4 is 15.6 Å². The number of benzene rings is 2. The van der Waals surface area contributed by atoms with Crippen molar-refractivity contribution in [1.29, 1.82) is 0 Å². The smallest absolute Gasteiger partial charge is 0.276 e. The molecule has 0 unspecified atom stereocenters. The Hall–Kier alpha value is -3.85. The lowest BCUT2D eigenvalue weighted by Gasteiger charge is -2.09. The minimum absolute atomic E-state index is 0.141. The molecular formula is C21H17N5O3S. The highest BCUT2D eigenvalue weighted by molar-refractivity contribution is 7.03. The summed E-state index contributed by atoms with van der Waals surface area (Å²) in [6.07, 6.45) is 0. The van der Waals surface area contributed by atoms with Gasteiger partial charge >= 0.3 is 0 Å². The second kappa shape index (κ2) is 9.10. The molecule has 0 aliphatic carbocycles. The first-order valence-corrected chi connectivity index (χ1v) is 9.97. The van der Waals surface area contributed by atoms with Gasteiger partial charge < -0.3 is 10.1 Å². The van der Waals surface area contributed by atoms with Crippen molar-refractivity contribution in [2.24, 2.45) is 0 Å². The van der Waals surface area contributed by atoms with Crippen LogP contribution in [0.2, 0.25) is 0 Å². The lowest BCUT2D eigenvalue weighted by atomic mass is 10.1. The Kier molecular flexibility index (Phi) is 5.90. The molecule has 4 aromatic rings. The fraction of sp³-hybridized carbons (Fsp3) is 0.0952. The highest BCUT2D eigenvalue weighted by Crippen LogP contribution is 2.20. The first-order chi connectivity index (χ1) is 14.7. The molecule has 150 valence electrons. The van der Waals surface area contributed by atoms with Crippen molar-refractivity contribution in [2.45, 2.75) is 6.54 Å². The molecule has 30 heavy (non-hydrogen) atoms. The highest BCUT2D eigenvalue weighted by Gasteiger charge is 2.11. The van der Waals surface area contributed by atoms with E-state index < -0.39 is 5.91 Å². The monoisotopic (exact) mass is 419 g/mol. The fourth-order valence-electron chi connectivity index (χ4n) is 2.71. The first-order valence-electron chi connectivity index (χ1n) is 9.14. The summed E-state index contributed by atoms with van der Waals surface area (Å²) in [6, 6.07) is 19.3. The third kappa shape index (κ3) is 4.76. The Morgan fingerprint density at radius 2 is 1.83 bits per heavy atom. The van der Waals surface area contributed by atoms with Crippen molar-refractivity contribution >= 4 is 23.1 Å². The van der Waals surface area contributed by atoms with E-state index in [0.29, 0.717) is 11.4 Å². The molecule has 0 saturated heterocycles. The number of ether oxygens (including phenoxy) is 1. The number of aromatic nitrogens is 4. The van der Waals surface area contributed by atoms with E-state index in [4.69, 9.17) is 4.74 Å². The Bertz CT molecular complexity index is 1180. The molecule has 0 radical (unpaired) electrons. The summed E-state index contributed by atoms with van der Waals surface area (Å²) in [4.78, 5) is 24.6. The molecule has 2 aromatic carbocycles. The Balaban J connectivity index is 1.40. The van der Waals surface area contributed by atoms with Crippen molar-refractivity contribution in [2.75, 3.05) is 11.9 Å². The molecule has 0 saturated carbocycles. The molecule has 0 bridgehead atoms. The Labute approximate surface area is 175 Å². The first kappa shape index (κ1) is 19.5. The van der Waals surface area contributed by atoms with Gasteiger partial charge in [-0.2, -0.15) is 5.10 Å². The summed E-state index contributed by atoms with van der Waals surface area (Å²) < 4.78 is 10.7. The molecule has 0 spiro atoms. The van der Waals surface area contributed by atoms with Crippen LogP contribution in [-0.4, -0.2) is 31.9 Å². The standard InChI is InChI=1S/C21H17N5O3S/c27-20-11-10-18(24-26(20)12-13-29-17-4-2-1-3-5-17)21(28)22-16-8-6-15(7-9-16)19-14-30-25-23-19/h1-11,14H,12-13H2,(H,22,28). The zero-order valence-corrected chi connectivity index (χ0v) is 16.6. The van der Waals surface area contributed by atoms with Crippen molar-refractivity contribution < 1.29 is 9.53 Å². The number of carbonyl (C=O) groups excluding carboxylic acids is 1. The van der Waals surface area contributed by atoms with E-state index in [1.165, 1.54) is 28.3 Å². The van der Waals surface area contributed by atoms with Gasteiger partial charge in [0.25, 0.3) is 11.5 Å². The van der Waals surface area contributed by atoms with Crippen LogP contribution in [0.5, 0.6) is 5.75 Å². The molecule has 8 nitrogen and oxygen atoms in total. The van der Waals surface area contributed by atoms with Crippen LogP contribution >= 0.6 is 11.5 Å². The number of rotatable bonds is 7. The third-order valence-electron chi connectivity index (χ3n) is 4.21. The van der Waals surface area contributed by atoms with Gasteiger partial charge in [0.2, 0.25) is 0 Å². The average molecular weight is 419 g/mol. The van der Waals surface area contributed by atoms with Crippen molar-refractivity contribution in [1.82, 2.24) is 19.4 Å². The molecule has 4 rings (SSSR count). The van der Waals surface area contributed by atoms with E-state index in [0.717, 1.165) is 11.3 Å². The largest absolute Gasteiger partial charge is 0.492 e. The maximum Gasteiger partial charge on any atom is 0.276 e. The van der Waals surface area contributed by atoms with Crippen LogP contribution in [0.25, 0.3) is 11.3 Å². The highest BCUT2D eigenvalue weighted by atomic mass is 32.1. The van der Waals surface area contributed by atoms with E-state index in [9.17, 15) is 9.59 Å². The van der Waals surface area contributed by atoms with Crippen molar-refractivity contribution in [3.63, 3.8) is 0 Å². The third-order valence-corrected chi connectivity index (χ3v) is 4.72. The lowest BCUT2D eigenvalue weighted by molar-refractivity contribution is 0.101. The van der Waals surface area contributed by atoms with Gasteiger partial charge in [-0.1, -0.05) is 34.8 Å². The zero-order valence-electron chi connectivity index (χ0n) is 15.8. The van der Waals surface area contributed by atoms with Crippen LogP contribution in [0.1, 0.15) is 10.5 Å². The van der Waals surface area contributed by atoms with Gasteiger partial charge in [-0.3, -0.25) is 9.59 Å². The van der Waals surface area contributed by atoms with Gasteiger partial charge in [0.15, 0.2) is 0 Å². The van der Waals surface area contributed by atoms with Crippen molar-refractivity contribution in [3.8, 4) is 17.0 Å². The SMILES string of the molecule is O=C(Nc1ccc(-c2csnn2)cc1)c1ccc(=O)n(CCOc2ccccc2)n1. The number of nitrogens with one attached hydrogen (secondary N) is 1. The van der Waals surface area contributed by atoms with E-state index in [1.807, 2.05) is 47.8 Å². The molecular weight excluding hydrogens is 402 g/mol. The quantitative estimate of drug-likeness (QED) is 0.494. The van der Waals surface area contributed by atoms with Gasteiger partial charge in [0, 0.05) is 22.7 Å². The van der Waals surface area contributed by atoms with Crippen LogP contribution in [0, 0.1) is 0 Å². The number of anilines is 1. The fourth-order valence-corrected chi connectivity index (χ4v) is 3.17. The number of hydrogen-bond acceptors (Lipinski definition) is 7. The van der Waals surface area contributed by atoms with Crippen molar-refractivity contribution in [3.05, 3.63) is 88.2 Å². The summed E-state index contributed by atoms with van der Waals surface area (Å²) in [5.74, 6) is 0.298. The van der Waals surface area contributed by atoms with Gasteiger partial charge in [0.05, 0.1) is 6.54 Å². The van der Waals surface area contributed by atoms with E-state index in [-0.39, 0.29) is 24.4 Å². The second-order valence-corrected chi connectivity index (χ2v) is 6.87. The summed E-state index contributed by atoms with van der Waals surface area (Å²) in [5, 5.41) is 12.8. The molecule has 0 atom stereocenters. The predicted octanol–water partition coefficient (Wildman–Crippen LogP) is 3.09. The molecule has 9 heteroatoms. The Morgan fingerprint density at radius 1 is 1.03 bits per heavy atom. The molecule has 0 aliphatic rings.